The highest BCUT2D eigenvalue weighted by Crippen LogP contribution is 2.28. The Hall–Kier alpha value is -3.30. The lowest BCUT2D eigenvalue weighted by atomic mass is 10.1. The van der Waals surface area contributed by atoms with E-state index in [0.29, 0.717) is 36.2 Å². The van der Waals surface area contributed by atoms with Crippen LogP contribution in [-0.2, 0) is 17.9 Å². The Morgan fingerprint density at radius 3 is 2.71 bits per heavy atom. The van der Waals surface area contributed by atoms with Crippen molar-refractivity contribution in [3.8, 4) is 11.5 Å². The molecule has 1 fully saturated rings. The summed E-state index contributed by atoms with van der Waals surface area (Å²) < 4.78 is 6.78. The Balaban J connectivity index is 1.23. The number of aromatic amines is 1. The van der Waals surface area contributed by atoms with Crippen LogP contribution in [0.4, 0.5) is 5.69 Å². The summed E-state index contributed by atoms with van der Waals surface area (Å²) >= 11 is 0. The largest absolute Gasteiger partial charge is 0.495 e. The van der Waals surface area contributed by atoms with Gasteiger partial charge in [-0.1, -0.05) is 12.1 Å². The van der Waals surface area contributed by atoms with Gasteiger partial charge < -0.3 is 19.5 Å². The van der Waals surface area contributed by atoms with Crippen LogP contribution in [0, 0.1) is 0 Å². The van der Waals surface area contributed by atoms with Crippen LogP contribution in [-0.4, -0.2) is 60.9 Å². The average molecular weight is 467 g/mol. The number of fused-ring (bicyclic) bond motifs is 2. The van der Waals surface area contributed by atoms with Crippen molar-refractivity contribution < 1.29 is 14.5 Å². The van der Waals surface area contributed by atoms with Gasteiger partial charge in [0.1, 0.15) is 5.75 Å². The van der Waals surface area contributed by atoms with Crippen molar-refractivity contribution in [3.63, 3.8) is 0 Å². The van der Waals surface area contributed by atoms with E-state index in [1.807, 2.05) is 24.3 Å². The number of piperazine rings is 1. The smallest absolute Gasteiger partial charge is 0.328 e. The van der Waals surface area contributed by atoms with Crippen molar-refractivity contribution in [2.45, 2.75) is 25.8 Å². The molecule has 9 heteroatoms. The second-order valence-electron chi connectivity index (χ2n) is 8.76. The third-order valence-electron chi connectivity index (χ3n) is 6.64. The van der Waals surface area contributed by atoms with Crippen molar-refractivity contribution in [2.75, 3.05) is 51.3 Å². The maximum atomic E-state index is 13.1. The van der Waals surface area contributed by atoms with E-state index >= 15 is 0 Å². The first-order valence-electron chi connectivity index (χ1n) is 11.8. The summed E-state index contributed by atoms with van der Waals surface area (Å²) in [6, 6.07) is 11.6. The fourth-order valence-corrected chi connectivity index (χ4v) is 4.78. The van der Waals surface area contributed by atoms with Crippen LogP contribution in [0.3, 0.4) is 0 Å². The molecule has 34 heavy (non-hydrogen) atoms. The number of hydrogen-bond donors (Lipinski definition) is 1. The fraction of sp³-hybridized carbons (Fsp3) is 0.440. The SMILES string of the molecule is COc1ccccc1N1CCN(CCCn2c(=O)[nH]c3cc4c(cc3c2=O)OOCCC4)CC1. The standard InChI is InChI=1S/C25H30N4O5/c1-32-22-8-3-2-7-21(22)28-13-11-27(12-14-28)9-5-10-29-24(30)19-17-23-18(6-4-15-33-34-23)16-20(19)26-25(29)31/h2-3,7-8,16-17H,4-6,9-15H2,1H3,(H,26,31). The summed E-state index contributed by atoms with van der Waals surface area (Å²) in [5.41, 5.74) is 1.93. The maximum Gasteiger partial charge on any atom is 0.328 e. The molecule has 0 amide bonds. The summed E-state index contributed by atoms with van der Waals surface area (Å²) in [6.07, 6.45) is 2.32. The van der Waals surface area contributed by atoms with Crippen molar-refractivity contribution in [1.29, 1.82) is 0 Å². The highest BCUT2D eigenvalue weighted by Gasteiger charge is 2.20. The molecule has 0 spiro atoms. The van der Waals surface area contributed by atoms with Gasteiger partial charge >= 0.3 is 5.69 Å². The minimum absolute atomic E-state index is 0.296. The fourth-order valence-electron chi connectivity index (χ4n) is 4.78. The molecule has 180 valence electrons. The highest BCUT2D eigenvalue weighted by atomic mass is 17.2. The highest BCUT2D eigenvalue weighted by molar-refractivity contribution is 5.80. The number of anilines is 1. The number of rotatable bonds is 6. The van der Waals surface area contributed by atoms with Crippen LogP contribution in [0.5, 0.6) is 11.5 Å². The van der Waals surface area contributed by atoms with Gasteiger partial charge in [-0.3, -0.25) is 14.3 Å². The Labute approximate surface area is 197 Å². The lowest BCUT2D eigenvalue weighted by molar-refractivity contribution is -0.203. The lowest BCUT2D eigenvalue weighted by Crippen LogP contribution is -2.47. The molecule has 0 atom stereocenters. The molecule has 3 aromatic rings. The van der Waals surface area contributed by atoms with Crippen LogP contribution >= 0.6 is 0 Å². The van der Waals surface area contributed by atoms with Crippen LogP contribution < -0.4 is 25.8 Å². The van der Waals surface area contributed by atoms with Crippen molar-refractivity contribution >= 4 is 16.6 Å². The van der Waals surface area contributed by atoms with E-state index in [-0.39, 0.29) is 11.2 Å². The first kappa shape index (κ1) is 22.5. The molecule has 2 aliphatic heterocycles. The predicted molar refractivity (Wildman–Crippen MR) is 130 cm³/mol. The second kappa shape index (κ2) is 9.90. The van der Waals surface area contributed by atoms with Gasteiger partial charge in [-0.2, -0.15) is 4.89 Å². The molecule has 9 nitrogen and oxygen atoms in total. The number of aromatic nitrogens is 2. The van der Waals surface area contributed by atoms with Crippen LogP contribution in [0.2, 0.25) is 0 Å². The van der Waals surface area contributed by atoms with Gasteiger partial charge in [0.05, 0.1) is 30.3 Å². The first-order chi connectivity index (χ1) is 16.6. The van der Waals surface area contributed by atoms with Crippen molar-refractivity contribution in [1.82, 2.24) is 14.5 Å². The van der Waals surface area contributed by atoms with Crippen LogP contribution in [0.1, 0.15) is 18.4 Å². The number of benzene rings is 2. The average Bonchev–Trinajstić information content (AvgIpc) is 3.10. The van der Waals surface area contributed by atoms with E-state index < -0.39 is 0 Å². The Morgan fingerprint density at radius 1 is 1.06 bits per heavy atom. The van der Waals surface area contributed by atoms with E-state index in [2.05, 4.69) is 20.9 Å². The Morgan fingerprint density at radius 2 is 1.88 bits per heavy atom. The van der Waals surface area contributed by atoms with E-state index in [1.165, 1.54) is 4.57 Å². The second-order valence-corrected chi connectivity index (χ2v) is 8.76. The molecule has 0 radical (unpaired) electrons. The Bertz CT molecular complexity index is 1280. The molecule has 1 saturated heterocycles. The Kier molecular flexibility index (Phi) is 6.55. The van der Waals surface area contributed by atoms with Crippen LogP contribution in [0.15, 0.2) is 46.0 Å². The zero-order valence-electron chi connectivity index (χ0n) is 19.4. The number of methoxy groups -OCH3 is 1. The molecular formula is C25H30N4O5. The number of H-pyrrole nitrogens is 1. The number of ether oxygens (including phenoxy) is 1. The minimum atomic E-state index is -0.371. The summed E-state index contributed by atoms with van der Waals surface area (Å²) in [6.45, 7) is 5.35. The van der Waals surface area contributed by atoms with Crippen LogP contribution in [0.25, 0.3) is 10.9 Å². The topological polar surface area (TPSA) is 89.0 Å². The van der Waals surface area contributed by atoms with Gasteiger partial charge in [0.2, 0.25) is 0 Å². The van der Waals surface area contributed by atoms with E-state index in [0.717, 1.165) is 62.6 Å². The van der Waals surface area contributed by atoms with E-state index in [1.54, 1.807) is 13.2 Å². The summed E-state index contributed by atoms with van der Waals surface area (Å²) in [4.78, 5) is 43.8. The molecule has 0 aliphatic carbocycles. The predicted octanol–water partition coefficient (Wildman–Crippen LogP) is 2.17. The number of nitrogens with one attached hydrogen (secondary N) is 1. The van der Waals surface area contributed by atoms with Crippen molar-refractivity contribution in [3.05, 3.63) is 62.8 Å². The number of nitrogens with zero attached hydrogens (tertiary/aromatic N) is 3. The van der Waals surface area contributed by atoms with E-state index in [9.17, 15) is 9.59 Å². The maximum absolute atomic E-state index is 13.1. The third kappa shape index (κ3) is 4.53. The third-order valence-corrected chi connectivity index (χ3v) is 6.64. The van der Waals surface area contributed by atoms with Gasteiger partial charge in [0, 0.05) is 38.3 Å². The molecule has 1 N–H and O–H groups in total. The summed E-state index contributed by atoms with van der Waals surface area (Å²) in [5, 5.41) is 0.439. The first-order valence-corrected chi connectivity index (χ1v) is 11.8. The zero-order valence-corrected chi connectivity index (χ0v) is 19.4. The number of aryl methyl sites for hydroxylation is 1. The molecule has 0 unspecified atom stereocenters. The number of para-hydroxylation sites is 2. The monoisotopic (exact) mass is 466 g/mol. The van der Waals surface area contributed by atoms with Gasteiger partial charge in [-0.15, -0.1) is 0 Å². The quantitative estimate of drug-likeness (QED) is 0.557. The minimum Gasteiger partial charge on any atom is -0.495 e. The van der Waals surface area contributed by atoms with Gasteiger partial charge in [-0.25, -0.2) is 4.79 Å². The lowest BCUT2D eigenvalue weighted by Gasteiger charge is -2.36. The summed E-state index contributed by atoms with van der Waals surface area (Å²) in [7, 11) is 1.70. The molecule has 0 saturated carbocycles. The molecule has 2 aliphatic rings. The summed E-state index contributed by atoms with van der Waals surface area (Å²) in [5.74, 6) is 1.44. The van der Waals surface area contributed by atoms with Gasteiger partial charge in [0.15, 0.2) is 5.75 Å². The molecule has 0 bridgehead atoms. The molecule has 1 aromatic heterocycles. The van der Waals surface area contributed by atoms with Crippen molar-refractivity contribution in [2.24, 2.45) is 0 Å². The normalized spacial score (nSPS) is 16.7. The van der Waals surface area contributed by atoms with Gasteiger partial charge in [-0.05, 0) is 50.1 Å². The molecular weight excluding hydrogens is 436 g/mol. The number of hydrogen-bond acceptors (Lipinski definition) is 7. The molecule has 5 rings (SSSR count). The zero-order chi connectivity index (χ0) is 23.5. The van der Waals surface area contributed by atoms with E-state index in [4.69, 9.17) is 14.5 Å². The van der Waals surface area contributed by atoms with Gasteiger partial charge in [0.25, 0.3) is 5.56 Å². The molecule has 2 aromatic carbocycles. The molecule has 3 heterocycles.